The minimum atomic E-state index is -0.456. The molecule has 0 fully saturated rings. The molecule has 8 heteroatoms. The molecule has 0 aliphatic carbocycles. The maximum absolute atomic E-state index is 12.8. The topological polar surface area (TPSA) is 75.1 Å². The van der Waals surface area contributed by atoms with Crippen LogP contribution in [0.4, 0.5) is 5.69 Å². The Kier molecular flexibility index (Phi) is 6.18. The summed E-state index contributed by atoms with van der Waals surface area (Å²) in [5, 5.41) is 14.4. The van der Waals surface area contributed by atoms with Gasteiger partial charge in [0.1, 0.15) is 21.9 Å². The number of carbonyl (C=O) groups excluding carboxylic acids is 1. The van der Waals surface area contributed by atoms with E-state index in [1.165, 1.54) is 35.8 Å². The predicted octanol–water partition coefficient (Wildman–Crippen LogP) is 6.45. The van der Waals surface area contributed by atoms with Gasteiger partial charge in [-0.1, -0.05) is 53.2 Å². The summed E-state index contributed by atoms with van der Waals surface area (Å²) in [6.07, 6.45) is 1.53. The van der Waals surface area contributed by atoms with Crippen molar-refractivity contribution in [2.45, 2.75) is 31.0 Å². The molecule has 2 aromatic carbocycles. The molecule has 0 saturated carbocycles. The van der Waals surface area contributed by atoms with Gasteiger partial charge >= 0.3 is 0 Å². The molecule has 5 nitrogen and oxygen atoms in total. The van der Waals surface area contributed by atoms with Gasteiger partial charge in [-0.15, -0.1) is 11.3 Å². The highest BCUT2D eigenvalue weighted by molar-refractivity contribution is 8.00. The van der Waals surface area contributed by atoms with Gasteiger partial charge in [-0.3, -0.25) is 4.79 Å². The number of nitrogens with one attached hydrogen (secondary N) is 1. The van der Waals surface area contributed by atoms with E-state index in [2.05, 4.69) is 53.4 Å². The van der Waals surface area contributed by atoms with Crippen molar-refractivity contribution in [2.24, 2.45) is 0 Å². The first-order valence-electron chi connectivity index (χ1n) is 9.60. The lowest BCUT2D eigenvalue weighted by Gasteiger charge is -2.14. The van der Waals surface area contributed by atoms with Crippen LogP contribution in [0.25, 0.3) is 21.3 Å². The molecule has 4 rings (SSSR count). The van der Waals surface area contributed by atoms with Gasteiger partial charge in [-0.2, -0.15) is 0 Å². The molecule has 0 spiro atoms. The third-order valence-corrected chi connectivity index (χ3v) is 7.19. The maximum Gasteiger partial charge on any atom is 0.237 e. The highest BCUT2D eigenvalue weighted by atomic mass is 35.5. The van der Waals surface area contributed by atoms with E-state index in [0.717, 1.165) is 31.2 Å². The number of thiophene rings is 1. The molecule has 0 bridgehead atoms. The molecule has 31 heavy (non-hydrogen) atoms. The second kappa shape index (κ2) is 8.86. The maximum atomic E-state index is 12.8. The first kappa shape index (κ1) is 21.6. The molecule has 1 amide bonds. The van der Waals surface area contributed by atoms with Crippen molar-refractivity contribution in [3.05, 3.63) is 64.3 Å². The Labute approximate surface area is 193 Å². The van der Waals surface area contributed by atoms with Crippen LogP contribution >= 0.6 is 34.7 Å². The van der Waals surface area contributed by atoms with Crippen molar-refractivity contribution in [3.63, 3.8) is 0 Å². The summed E-state index contributed by atoms with van der Waals surface area (Å²) in [6, 6.07) is 12.9. The third kappa shape index (κ3) is 4.54. The number of carbonyl (C=O) groups is 1. The number of phenols is 1. The van der Waals surface area contributed by atoms with Gasteiger partial charge in [-0.25, -0.2) is 9.97 Å². The van der Waals surface area contributed by atoms with Crippen LogP contribution < -0.4 is 5.32 Å². The lowest BCUT2D eigenvalue weighted by Crippen LogP contribution is -2.22. The van der Waals surface area contributed by atoms with Crippen LogP contribution in [-0.2, 0) is 4.79 Å². The summed E-state index contributed by atoms with van der Waals surface area (Å²) in [6.45, 7) is 5.94. The number of anilines is 1. The lowest BCUT2D eigenvalue weighted by molar-refractivity contribution is -0.115. The van der Waals surface area contributed by atoms with Gasteiger partial charge in [-0.05, 0) is 44.5 Å². The van der Waals surface area contributed by atoms with E-state index in [0.29, 0.717) is 5.02 Å². The van der Waals surface area contributed by atoms with E-state index in [1.54, 1.807) is 24.3 Å². The Hall–Kier alpha value is -2.61. The SMILES string of the molecule is Cc1ccc(-c2c(C)sc3ncnc(SC(C)C(=O)Nc4cc(Cl)ccc4O)c23)cc1. The number of hydrogen-bond donors (Lipinski definition) is 2. The number of aromatic nitrogens is 2. The van der Waals surface area contributed by atoms with Crippen LogP contribution in [0.15, 0.2) is 53.8 Å². The fourth-order valence-corrected chi connectivity index (χ4v) is 5.41. The Morgan fingerprint density at radius 1 is 1.16 bits per heavy atom. The molecule has 1 unspecified atom stereocenters. The zero-order chi connectivity index (χ0) is 22.1. The fourth-order valence-electron chi connectivity index (χ4n) is 3.24. The summed E-state index contributed by atoms with van der Waals surface area (Å²) in [5.74, 6) is -0.285. The van der Waals surface area contributed by atoms with Crippen LogP contribution in [0.3, 0.4) is 0 Å². The molecule has 2 aromatic heterocycles. The van der Waals surface area contributed by atoms with Gasteiger partial charge in [0.05, 0.1) is 16.3 Å². The van der Waals surface area contributed by atoms with Gasteiger partial charge in [0.25, 0.3) is 0 Å². The zero-order valence-corrected chi connectivity index (χ0v) is 19.5. The summed E-state index contributed by atoms with van der Waals surface area (Å²) in [5.41, 5.74) is 3.68. The predicted molar refractivity (Wildman–Crippen MR) is 129 cm³/mol. The monoisotopic (exact) mass is 469 g/mol. The first-order chi connectivity index (χ1) is 14.8. The number of amides is 1. The standard InChI is InChI=1S/C23H20ClN3O2S2/c1-12-4-6-15(7-5-12)19-13(2)30-22-20(19)23(26-11-25-22)31-14(3)21(29)27-17-10-16(24)8-9-18(17)28/h4-11,14,28H,1-3H3,(H,27,29). The molecule has 2 N–H and O–H groups in total. The largest absolute Gasteiger partial charge is 0.506 e. The van der Waals surface area contributed by atoms with E-state index in [1.807, 2.05) is 0 Å². The van der Waals surface area contributed by atoms with E-state index in [4.69, 9.17) is 11.6 Å². The van der Waals surface area contributed by atoms with Crippen molar-refractivity contribution < 1.29 is 9.90 Å². The van der Waals surface area contributed by atoms with Crippen molar-refractivity contribution >= 4 is 56.5 Å². The van der Waals surface area contributed by atoms with Crippen LogP contribution in [0.2, 0.25) is 5.02 Å². The molecule has 4 aromatic rings. The Bertz CT molecular complexity index is 1270. The minimum Gasteiger partial charge on any atom is -0.506 e. The Balaban J connectivity index is 1.66. The minimum absolute atomic E-state index is 0.0329. The van der Waals surface area contributed by atoms with E-state index in [-0.39, 0.29) is 17.3 Å². The molecule has 0 aliphatic rings. The van der Waals surface area contributed by atoms with Gasteiger partial charge in [0, 0.05) is 15.5 Å². The molecule has 2 heterocycles. The van der Waals surface area contributed by atoms with Crippen LogP contribution in [0.1, 0.15) is 17.4 Å². The van der Waals surface area contributed by atoms with E-state index in [9.17, 15) is 9.90 Å². The average Bonchev–Trinajstić information content (AvgIpc) is 3.08. The van der Waals surface area contributed by atoms with Gasteiger partial charge < -0.3 is 10.4 Å². The number of aromatic hydroxyl groups is 1. The first-order valence-corrected chi connectivity index (χ1v) is 11.7. The molecule has 0 saturated heterocycles. The highest BCUT2D eigenvalue weighted by Gasteiger charge is 2.22. The van der Waals surface area contributed by atoms with Crippen molar-refractivity contribution in [2.75, 3.05) is 5.32 Å². The number of fused-ring (bicyclic) bond motifs is 1. The average molecular weight is 470 g/mol. The quantitative estimate of drug-likeness (QED) is 0.199. The zero-order valence-electron chi connectivity index (χ0n) is 17.1. The van der Waals surface area contributed by atoms with Gasteiger partial charge in [0.2, 0.25) is 5.91 Å². The smallest absolute Gasteiger partial charge is 0.237 e. The lowest BCUT2D eigenvalue weighted by atomic mass is 10.0. The molecular formula is C23H20ClN3O2S2. The van der Waals surface area contributed by atoms with E-state index >= 15 is 0 Å². The summed E-state index contributed by atoms with van der Waals surface area (Å²) in [7, 11) is 0. The number of halogens is 1. The molecule has 158 valence electrons. The summed E-state index contributed by atoms with van der Waals surface area (Å²) in [4.78, 5) is 23.8. The Morgan fingerprint density at radius 3 is 2.65 bits per heavy atom. The molecule has 0 radical (unpaired) electrons. The van der Waals surface area contributed by atoms with Crippen LogP contribution in [0, 0.1) is 13.8 Å². The number of hydrogen-bond acceptors (Lipinski definition) is 6. The van der Waals surface area contributed by atoms with Crippen LogP contribution in [0.5, 0.6) is 5.75 Å². The second-order valence-corrected chi connectivity index (χ2v) is 10.1. The fraction of sp³-hybridized carbons (Fsp3) is 0.174. The highest BCUT2D eigenvalue weighted by Crippen LogP contribution is 2.42. The van der Waals surface area contributed by atoms with Crippen molar-refractivity contribution in [3.8, 4) is 16.9 Å². The molecular weight excluding hydrogens is 450 g/mol. The number of nitrogens with zero attached hydrogens (tertiary/aromatic N) is 2. The number of phenolic OH excluding ortho intramolecular Hbond substituents is 1. The second-order valence-electron chi connectivity index (χ2n) is 7.17. The molecule has 1 atom stereocenters. The van der Waals surface area contributed by atoms with Crippen molar-refractivity contribution in [1.29, 1.82) is 0 Å². The number of benzene rings is 2. The van der Waals surface area contributed by atoms with Crippen LogP contribution in [-0.4, -0.2) is 26.2 Å². The summed E-state index contributed by atoms with van der Waals surface area (Å²) < 4.78 is 0. The number of thioether (sulfide) groups is 1. The number of rotatable bonds is 5. The third-order valence-electron chi connectivity index (χ3n) is 4.84. The van der Waals surface area contributed by atoms with Gasteiger partial charge in [0.15, 0.2) is 0 Å². The summed E-state index contributed by atoms with van der Waals surface area (Å²) >= 11 is 8.96. The number of aryl methyl sites for hydroxylation is 2. The normalized spacial score (nSPS) is 12.1. The molecule has 0 aliphatic heterocycles. The van der Waals surface area contributed by atoms with Crippen molar-refractivity contribution in [1.82, 2.24) is 9.97 Å². The Morgan fingerprint density at radius 2 is 1.90 bits per heavy atom. The van der Waals surface area contributed by atoms with E-state index < -0.39 is 5.25 Å².